The molecule has 0 fully saturated rings. The summed E-state index contributed by atoms with van der Waals surface area (Å²) in [6.45, 7) is 0. The Kier molecular flexibility index (Phi) is 7.07. The van der Waals surface area contributed by atoms with E-state index in [4.69, 9.17) is 0 Å². The normalized spacial score (nSPS) is 13.2. The number of fused-ring (bicyclic) bond motifs is 18. The Labute approximate surface area is 365 Å². The molecule has 0 aliphatic heterocycles. The van der Waals surface area contributed by atoms with Crippen LogP contribution in [0.3, 0.4) is 0 Å². The van der Waals surface area contributed by atoms with Gasteiger partial charge in [-0.2, -0.15) is 0 Å². The number of hydrogen-bond donors (Lipinski definition) is 0. The quantitative estimate of drug-likeness (QED) is 0.168. The molecule has 292 valence electrons. The fourth-order valence-electron chi connectivity index (χ4n) is 11.6. The zero-order valence-corrected chi connectivity index (χ0v) is 34.3. The lowest BCUT2D eigenvalue weighted by atomic mass is 9.70. The van der Waals surface area contributed by atoms with Crippen LogP contribution in [0.15, 0.2) is 231 Å². The Bertz CT molecular complexity index is 3560. The van der Waals surface area contributed by atoms with E-state index >= 15 is 0 Å². The Morgan fingerprint density at radius 1 is 0.254 bits per heavy atom. The van der Waals surface area contributed by atoms with Crippen molar-refractivity contribution in [1.82, 2.24) is 9.13 Å². The molecule has 0 saturated heterocycles. The SMILES string of the molecule is c1ccc(-c2ccc(-n3c4ccccc4c4c5c(ccc43)C3(c4ccccc4-c4ccccc43)c3ccc4c(c3-5)c3ccccc3n4-c3ccc(-c4ccccc4)cc3)cc2)cc1. The highest BCUT2D eigenvalue weighted by molar-refractivity contribution is 6.26. The van der Waals surface area contributed by atoms with Crippen molar-refractivity contribution >= 4 is 43.6 Å². The summed E-state index contributed by atoms with van der Waals surface area (Å²) in [6.07, 6.45) is 0. The predicted octanol–water partition coefficient (Wildman–Crippen LogP) is 15.6. The molecular weight excluding hydrogens is 761 g/mol. The fourth-order valence-corrected chi connectivity index (χ4v) is 11.6. The summed E-state index contributed by atoms with van der Waals surface area (Å²) in [7, 11) is 0. The van der Waals surface area contributed by atoms with Gasteiger partial charge in [-0.3, -0.25) is 0 Å². The zero-order valence-electron chi connectivity index (χ0n) is 34.3. The van der Waals surface area contributed by atoms with Crippen LogP contribution in [-0.4, -0.2) is 9.13 Å². The first-order chi connectivity index (χ1) is 31.3. The van der Waals surface area contributed by atoms with Gasteiger partial charge in [0.05, 0.1) is 27.5 Å². The average Bonchev–Trinajstić information content (AvgIpc) is 4.07. The highest BCUT2D eigenvalue weighted by Crippen LogP contribution is 2.66. The number of para-hydroxylation sites is 2. The Hall–Kier alpha value is -8.20. The van der Waals surface area contributed by atoms with Crippen molar-refractivity contribution in [2.45, 2.75) is 5.41 Å². The molecule has 0 unspecified atom stereocenters. The van der Waals surface area contributed by atoms with E-state index in [1.807, 2.05) is 0 Å². The largest absolute Gasteiger partial charge is 0.309 e. The van der Waals surface area contributed by atoms with Gasteiger partial charge < -0.3 is 9.13 Å². The van der Waals surface area contributed by atoms with E-state index in [1.165, 1.54) is 110 Å². The monoisotopic (exact) mass is 798 g/mol. The van der Waals surface area contributed by atoms with Gasteiger partial charge in [0.15, 0.2) is 0 Å². The van der Waals surface area contributed by atoms with Gasteiger partial charge in [0, 0.05) is 32.9 Å². The summed E-state index contributed by atoms with van der Waals surface area (Å²) in [6, 6.07) is 85.6. The molecule has 14 rings (SSSR count). The summed E-state index contributed by atoms with van der Waals surface area (Å²) in [5.41, 5.74) is 22.2. The first-order valence-corrected chi connectivity index (χ1v) is 21.9. The third-order valence-corrected chi connectivity index (χ3v) is 14.2. The summed E-state index contributed by atoms with van der Waals surface area (Å²) in [4.78, 5) is 0. The number of hydrogen-bond acceptors (Lipinski definition) is 0. The van der Waals surface area contributed by atoms with Crippen molar-refractivity contribution in [3.63, 3.8) is 0 Å². The molecule has 2 heteroatoms. The van der Waals surface area contributed by atoms with E-state index in [-0.39, 0.29) is 0 Å². The smallest absolute Gasteiger partial charge is 0.0726 e. The van der Waals surface area contributed by atoms with E-state index in [0.29, 0.717) is 0 Å². The van der Waals surface area contributed by atoms with Crippen LogP contribution in [0, 0.1) is 0 Å². The molecule has 1 spiro atoms. The van der Waals surface area contributed by atoms with E-state index < -0.39 is 5.41 Å². The molecule has 12 aromatic rings. The molecule has 2 aliphatic carbocycles. The van der Waals surface area contributed by atoms with E-state index in [1.54, 1.807) is 0 Å². The second kappa shape index (κ2) is 12.9. The van der Waals surface area contributed by atoms with Gasteiger partial charge >= 0.3 is 0 Å². The molecule has 0 amide bonds. The minimum atomic E-state index is -0.499. The lowest BCUT2D eigenvalue weighted by Crippen LogP contribution is -2.25. The van der Waals surface area contributed by atoms with Gasteiger partial charge in [-0.05, 0) is 115 Å². The van der Waals surface area contributed by atoms with Crippen LogP contribution in [0.2, 0.25) is 0 Å². The van der Waals surface area contributed by atoms with Crippen molar-refractivity contribution < 1.29 is 0 Å². The minimum absolute atomic E-state index is 0.499. The van der Waals surface area contributed by atoms with Crippen LogP contribution in [-0.2, 0) is 5.41 Å². The van der Waals surface area contributed by atoms with Crippen molar-refractivity contribution in [3.05, 3.63) is 253 Å². The van der Waals surface area contributed by atoms with Gasteiger partial charge in [0.25, 0.3) is 0 Å². The summed E-state index contributed by atoms with van der Waals surface area (Å²) < 4.78 is 4.97. The molecule has 0 bridgehead atoms. The highest BCUT2D eigenvalue weighted by Gasteiger charge is 2.53. The highest BCUT2D eigenvalue weighted by atomic mass is 15.0. The van der Waals surface area contributed by atoms with Crippen LogP contribution in [0.4, 0.5) is 0 Å². The minimum Gasteiger partial charge on any atom is -0.309 e. The molecule has 2 heterocycles. The van der Waals surface area contributed by atoms with Gasteiger partial charge in [-0.15, -0.1) is 0 Å². The van der Waals surface area contributed by atoms with Gasteiger partial charge in [0.2, 0.25) is 0 Å². The zero-order chi connectivity index (χ0) is 41.2. The maximum Gasteiger partial charge on any atom is 0.0726 e. The first kappa shape index (κ1) is 34.5. The standard InChI is InChI=1S/C61H38N2/c1-3-15-39(16-4-1)41-27-31-43(32-28-41)62-53-25-13-9-21-47(53)57-55(62)37-35-51-59(57)60-52(61(51)49-23-11-7-19-45(49)46-20-8-12-24-50(46)61)36-38-56-58(60)48-22-10-14-26-54(48)63(56)44-33-29-42(30-34-44)40-17-5-2-6-18-40/h1-38H. The first-order valence-electron chi connectivity index (χ1n) is 21.9. The molecule has 2 nitrogen and oxygen atoms in total. The molecule has 0 atom stereocenters. The summed E-state index contributed by atoms with van der Waals surface area (Å²) >= 11 is 0. The van der Waals surface area contributed by atoms with E-state index in [2.05, 4.69) is 240 Å². The third-order valence-electron chi connectivity index (χ3n) is 14.2. The average molecular weight is 799 g/mol. The molecule has 2 aliphatic rings. The van der Waals surface area contributed by atoms with Crippen molar-refractivity contribution in [1.29, 1.82) is 0 Å². The fraction of sp³-hybridized carbons (Fsp3) is 0.0164. The van der Waals surface area contributed by atoms with Crippen LogP contribution in [0.25, 0.3) is 99.5 Å². The lowest BCUT2D eigenvalue weighted by molar-refractivity contribution is 0.795. The predicted molar refractivity (Wildman–Crippen MR) is 262 cm³/mol. The van der Waals surface area contributed by atoms with Crippen LogP contribution in [0.5, 0.6) is 0 Å². The second-order valence-corrected chi connectivity index (χ2v) is 17.1. The van der Waals surface area contributed by atoms with E-state index in [0.717, 1.165) is 11.4 Å². The number of aromatic nitrogens is 2. The molecular formula is C61H38N2. The van der Waals surface area contributed by atoms with Gasteiger partial charge in [0.1, 0.15) is 0 Å². The van der Waals surface area contributed by atoms with Gasteiger partial charge in [-0.1, -0.05) is 182 Å². The number of benzene rings is 10. The maximum absolute atomic E-state index is 2.48. The summed E-state index contributed by atoms with van der Waals surface area (Å²) in [5.74, 6) is 0. The number of nitrogens with zero attached hydrogens (tertiary/aromatic N) is 2. The molecule has 0 radical (unpaired) electrons. The molecule has 63 heavy (non-hydrogen) atoms. The third kappa shape index (κ3) is 4.57. The van der Waals surface area contributed by atoms with Crippen LogP contribution >= 0.6 is 0 Å². The molecule has 0 saturated carbocycles. The second-order valence-electron chi connectivity index (χ2n) is 17.1. The van der Waals surface area contributed by atoms with Crippen molar-refractivity contribution in [2.24, 2.45) is 0 Å². The van der Waals surface area contributed by atoms with Crippen molar-refractivity contribution in [2.75, 3.05) is 0 Å². The Balaban J connectivity index is 1.11. The lowest BCUT2D eigenvalue weighted by Gasteiger charge is -2.30. The molecule has 2 aromatic heterocycles. The Morgan fingerprint density at radius 3 is 1.06 bits per heavy atom. The summed E-state index contributed by atoms with van der Waals surface area (Å²) in [5, 5.41) is 5.12. The van der Waals surface area contributed by atoms with Crippen LogP contribution in [0.1, 0.15) is 22.3 Å². The van der Waals surface area contributed by atoms with Crippen molar-refractivity contribution in [3.8, 4) is 55.9 Å². The maximum atomic E-state index is 2.48. The topological polar surface area (TPSA) is 9.86 Å². The van der Waals surface area contributed by atoms with E-state index in [9.17, 15) is 0 Å². The molecule has 10 aromatic carbocycles. The Morgan fingerprint density at radius 2 is 0.619 bits per heavy atom. The van der Waals surface area contributed by atoms with Crippen LogP contribution < -0.4 is 0 Å². The number of rotatable bonds is 4. The van der Waals surface area contributed by atoms with Gasteiger partial charge in [-0.25, -0.2) is 0 Å². The molecule has 0 N–H and O–H groups in total.